The van der Waals surface area contributed by atoms with Crippen LogP contribution in [-0.2, 0) is 4.79 Å². The van der Waals surface area contributed by atoms with Crippen LogP contribution in [0.1, 0.15) is 16.8 Å². The van der Waals surface area contributed by atoms with Gasteiger partial charge in [0.25, 0.3) is 5.91 Å². The minimum Gasteiger partial charge on any atom is -0.496 e. The molecule has 0 unspecified atom stereocenters. The quantitative estimate of drug-likeness (QED) is 0.869. The second-order valence-corrected chi connectivity index (χ2v) is 5.20. The van der Waals surface area contributed by atoms with Crippen molar-refractivity contribution in [1.82, 2.24) is 0 Å². The number of carbonyl (C=O) groups is 2. The topological polar surface area (TPSA) is 91.2 Å². The summed E-state index contributed by atoms with van der Waals surface area (Å²) in [5, 5.41) is 14.2. The van der Waals surface area contributed by atoms with Crippen molar-refractivity contribution in [3.05, 3.63) is 53.1 Å². The third-order valence-electron chi connectivity index (χ3n) is 3.07. The van der Waals surface area contributed by atoms with Crippen LogP contribution in [0, 0.1) is 11.3 Å². The van der Waals surface area contributed by atoms with Crippen molar-refractivity contribution in [1.29, 1.82) is 5.26 Å². The van der Waals surface area contributed by atoms with Crippen LogP contribution in [0.5, 0.6) is 5.75 Å². The zero-order chi connectivity index (χ0) is 17.5. The van der Waals surface area contributed by atoms with Crippen LogP contribution >= 0.6 is 11.6 Å². The Kier molecular flexibility index (Phi) is 5.77. The van der Waals surface area contributed by atoms with Gasteiger partial charge >= 0.3 is 0 Å². The molecule has 2 N–H and O–H groups in total. The first-order chi connectivity index (χ1) is 11.5. The van der Waals surface area contributed by atoms with Gasteiger partial charge in [0.15, 0.2) is 0 Å². The van der Waals surface area contributed by atoms with Gasteiger partial charge in [-0.25, -0.2) is 0 Å². The third kappa shape index (κ3) is 4.48. The lowest BCUT2D eigenvalue weighted by molar-refractivity contribution is -0.115. The van der Waals surface area contributed by atoms with Crippen molar-refractivity contribution in [3.63, 3.8) is 0 Å². The summed E-state index contributed by atoms with van der Waals surface area (Å²) in [5.74, 6) is -0.342. The Hall–Kier alpha value is -3.04. The first kappa shape index (κ1) is 17.3. The summed E-state index contributed by atoms with van der Waals surface area (Å²) >= 11 is 5.92. The van der Waals surface area contributed by atoms with E-state index in [1.54, 1.807) is 42.5 Å². The molecule has 2 amide bonds. The fourth-order valence-electron chi connectivity index (χ4n) is 1.97. The van der Waals surface area contributed by atoms with E-state index in [2.05, 4.69) is 10.6 Å². The number of nitriles is 1. The second kappa shape index (κ2) is 7.99. The summed E-state index contributed by atoms with van der Waals surface area (Å²) in [6.45, 7) is 0. The lowest BCUT2D eigenvalue weighted by atomic mass is 10.1. The van der Waals surface area contributed by atoms with Crippen molar-refractivity contribution < 1.29 is 14.3 Å². The highest BCUT2D eigenvalue weighted by Crippen LogP contribution is 2.24. The molecule has 0 fully saturated rings. The molecule has 24 heavy (non-hydrogen) atoms. The van der Waals surface area contributed by atoms with Gasteiger partial charge < -0.3 is 15.4 Å². The van der Waals surface area contributed by atoms with Crippen molar-refractivity contribution in [3.8, 4) is 11.8 Å². The Labute approximate surface area is 144 Å². The summed E-state index contributed by atoms with van der Waals surface area (Å²) in [7, 11) is 1.47. The van der Waals surface area contributed by atoms with Gasteiger partial charge in [0.2, 0.25) is 5.91 Å². The van der Waals surface area contributed by atoms with Gasteiger partial charge in [-0.2, -0.15) is 5.26 Å². The smallest absolute Gasteiger partial charge is 0.259 e. The first-order valence-corrected chi connectivity index (χ1v) is 7.33. The van der Waals surface area contributed by atoms with Crippen LogP contribution in [-0.4, -0.2) is 18.9 Å². The number of carbonyl (C=O) groups excluding carboxylic acids is 2. The predicted octanol–water partition coefficient (Wildman–Crippen LogP) is 3.45. The van der Waals surface area contributed by atoms with E-state index in [1.165, 1.54) is 13.2 Å². The SMILES string of the molecule is COc1ccc(Cl)cc1C(=O)Nc1ccc(NC(=O)CC#N)cc1. The highest BCUT2D eigenvalue weighted by molar-refractivity contribution is 6.31. The number of ether oxygens (including phenoxy) is 1. The van der Waals surface area contributed by atoms with Gasteiger partial charge in [-0.1, -0.05) is 11.6 Å². The Morgan fingerprint density at radius 1 is 1.12 bits per heavy atom. The Bertz CT molecular complexity index is 798. The standard InChI is InChI=1S/C17H14ClN3O3/c1-24-15-7-2-11(18)10-14(15)17(23)21-13-5-3-12(4-6-13)20-16(22)8-9-19/h2-7,10H,8H2,1H3,(H,20,22)(H,21,23). The van der Waals surface area contributed by atoms with E-state index in [0.717, 1.165) is 0 Å². The van der Waals surface area contributed by atoms with E-state index < -0.39 is 5.91 Å². The molecule has 0 heterocycles. The molecular weight excluding hydrogens is 330 g/mol. The number of rotatable bonds is 5. The number of anilines is 2. The molecule has 0 atom stereocenters. The maximum atomic E-state index is 12.3. The molecule has 2 rings (SSSR count). The molecule has 2 aromatic carbocycles. The minimum absolute atomic E-state index is 0.215. The number of hydrogen-bond donors (Lipinski definition) is 2. The van der Waals surface area contributed by atoms with Gasteiger partial charge in [-0.15, -0.1) is 0 Å². The average molecular weight is 344 g/mol. The molecule has 0 spiro atoms. The molecule has 0 aromatic heterocycles. The van der Waals surface area contributed by atoms with Crippen LogP contribution in [0.15, 0.2) is 42.5 Å². The van der Waals surface area contributed by atoms with Gasteiger partial charge in [0.1, 0.15) is 12.2 Å². The summed E-state index contributed by atoms with van der Waals surface area (Å²) < 4.78 is 5.15. The lowest BCUT2D eigenvalue weighted by Crippen LogP contribution is -2.13. The Morgan fingerprint density at radius 3 is 2.33 bits per heavy atom. The number of nitrogens with zero attached hydrogens (tertiary/aromatic N) is 1. The lowest BCUT2D eigenvalue weighted by Gasteiger charge is -2.10. The zero-order valence-corrected chi connectivity index (χ0v) is 13.6. The number of benzene rings is 2. The number of hydrogen-bond acceptors (Lipinski definition) is 4. The normalized spacial score (nSPS) is 9.71. The number of amides is 2. The number of methoxy groups -OCH3 is 1. The van der Waals surface area contributed by atoms with Gasteiger partial charge in [-0.3, -0.25) is 9.59 Å². The molecule has 6 nitrogen and oxygen atoms in total. The summed E-state index contributed by atoms with van der Waals surface area (Å²) in [6.07, 6.45) is -0.215. The fourth-order valence-corrected chi connectivity index (χ4v) is 2.14. The van der Waals surface area contributed by atoms with E-state index in [0.29, 0.717) is 27.7 Å². The molecule has 0 bridgehead atoms. The summed E-state index contributed by atoms with van der Waals surface area (Å²) in [5.41, 5.74) is 1.39. The van der Waals surface area contributed by atoms with Crippen LogP contribution < -0.4 is 15.4 Å². The maximum Gasteiger partial charge on any atom is 0.259 e. The predicted molar refractivity (Wildman–Crippen MR) is 91.3 cm³/mol. The van der Waals surface area contributed by atoms with E-state index in [4.69, 9.17) is 21.6 Å². The molecular formula is C17H14ClN3O3. The molecule has 0 saturated carbocycles. The van der Waals surface area contributed by atoms with Crippen molar-refractivity contribution in [2.24, 2.45) is 0 Å². The maximum absolute atomic E-state index is 12.3. The van der Waals surface area contributed by atoms with E-state index in [1.807, 2.05) is 0 Å². The number of halogens is 1. The first-order valence-electron chi connectivity index (χ1n) is 6.95. The van der Waals surface area contributed by atoms with Crippen LogP contribution in [0.2, 0.25) is 5.02 Å². The molecule has 0 saturated heterocycles. The highest BCUT2D eigenvalue weighted by Gasteiger charge is 2.13. The molecule has 2 aromatic rings. The fraction of sp³-hybridized carbons (Fsp3) is 0.118. The van der Waals surface area contributed by atoms with E-state index in [9.17, 15) is 9.59 Å². The Balaban J connectivity index is 2.09. The minimum atomic E-state index is -0.391. The van der Waals surface area contributed by atoms with Gasteiger partial charge in [-0.05, 0) is 42.5 Å². The molecule has 122 valence electrons. The summed E-state index contributed by atoms with van der Waals surface area (Å²) in [4.78, 5) is 23.7. The molecule has 0 aliphatic carbocycles. The van der Waals surface area contributed by atoms with Crippen LogP contribution in [0.25, 0.3) is 0 Å². The molecule has 0 aliphatic rings. The Morgan fingerprint density at radius 2 is 1.75 bits per heavy atom. The molecule has 0 radical (unpaired) electrons. The number of nitrogens with one attached hydrogen (secondary N) is 2. The van der Waals surface area contributed by atoms with E-state index in [-0.39, 0.29) is 12.3 Å². The highest BCUT2D eigenvalue weighted by atomic mass is 35.5. The van der Waals surface area contributed by atoms with Gasteiger partial charge in [0.05, 0.1) is 18.7 Å². The van der Waals surface area contributed by atoms with Crippen molar-refractivity contribution in [2.75, 3.05) is 17.7 Å². The zero-order valence-electron chi connectivity index (χ0n) is 12.8. The second-order valence-electron chi connectivity index (χ2n) is 4.76. The summed E-state index contributed by atoms with van der Waals surface area (Å²) in [6, 6.07) is 13.1. The van der Waals surface area contributed by atoms with Crippen molar-refractivity contribution in [2.45, 2.75) is 6.42 Å². The monoisotopic (exact) mass is 343 g/mol. The van der Waals surface area contributed by atoms with Crippen LogP contribution in [0.3, 0.4) is 0 Å². The van der Waals surface area contributed by atoms with Gasteiger partial charge in [0, 0.05) is 16.4 Å². The van der Waals surface area contributed by atoms with Crippen molar-refractivity contribution >= 4 is 34.8 Å². The largest absolute Gasteiger partial charge is 0.496 e. The van der Waals surface area contributed by atoms with Crippen LogP contribution in [0.4, 0.5) is 11.4 Å². The molecule has 7 heteroatoms. The molecule has 0 aliphatic heterocycles. The average Bonchev–Trinajstić information content (AvgIpc) is 2.56. The van der Waals surface area contributed by atoms with E-state index >= 15 is 0 Å². The third-order valence-corrected chi connectivity index (χ3v) is 3.31.